The van der Waals surface area contributed by atoms with Crippen LogP contribution in [0.3, 0.4) is 0 Å². The van der Waals surface area contributed by atoms with Gasteiger partial charge in [0.05, 0.1) is 5.56 Å². The summed E-state index contributed by atoms with van der Waals surface area (Å²) in [7, 11) is 0. The number of carbonyl (C=O) groups is 1. The van der Waals surface area contributed by atoms with Gasteiger partial charge in [-0.1, -0.05) is 19.3 Å². The van der Waals surface area contributed by atoms with Crippen molar-refractivity contribution < 1.29 is 28.2 Å². The lowest BCUT2D eigenvalue weighted by molar-refractivity contribution is -0.139. The van der Waals surface area contributed by atoms with E-state index >= 15 is 0 Å². The third-order valence-corrected chi connectivity index (χ3v) is 4.45. The lowest BCUT2D eigenvalue weighted by atomic mass is 9.80. The van der Waals surface area contributed by atoms with Crippen molar-refractivity contribution in [2.24, 2.45) is 0 Å². The first-order chi connectivity index (χ1) is 10.2. The summed E-state index contributed by atoms with van der Waals surface area (Å²) in [6.07, 6.45) is -0.903. The van der Waals surface area contributed by atoms with Crippen LogP contribution in [0.2, 0.25) is 0 Å². The number of carboxylic acids is 1. The van der Waals surface area contributed by atoms with Crippen molar-refractivity contribution >= 4 is 17.6 Å². The zero-order valence-electron chi connectivity index (χ0n) is 11.7. The molecule has 0 bridgehead atoms. The molecule has 3 nitrogen and oxygen atoms in total. The highest BCUT2D eigenvalue weighted by molar-refractivity contribution is 6.29. The van der Waals surface area contributed by atoms with Crippen LogP contribution in [0.25, 0.3) is 0 Å². The molecule has 1 saturated carbocycles. The van der Waals surface area contributed by atoms with Gasteiger partial charge in [-0.05, 0) is 36.5 Å². The first-order valence-electron chi connectivity index (χ1n) is 7.02. The van der Waals surface area contributed by atoms with Crippen molar-refractivity contribution in [1.82, 2.24) is 0 Å². The molecular formula is C15H16ClF3O3. The van der Waals surface area contributed by atoms with E-state index in [9.17, 15) is 23.1 Å². The van der Waals surface area contributed by atoms with Gasteiger partial charge in [0, 0.05) is 5.56 Å². The molecule has 1 aliphatic carbocycles. The first-order valence-corrected chi connectivity index (χ1v) is 7.46. The molecule has 0 saturated heterocycles. The van der Waals surface area contributed by atoms with Crippen LogP contribution in [-0.4, -0.2) is 16.2 Å². The topological polar surface area (TPSA) is 57.5 Å². The highest BCUT2D eigenvalue weighted by Gasteiger charge is 2.38. The van der Waals surface area contributed by atoms with Gasteiger partial charge in [-0.15, -0.1) is 11.6 Å². The summed E-state index contributed by atoms with van der Waals surface area (Å²) < 4.78 is 40.0. The van der Waals surface area contributed by atoms with Crippen LogP contribution in [-0.2, 0) is 11.0 Å². The zero-order chi connectivity index (χ0) is 16.5. The van der Waals surface area contributed by atoms with Gasteiger partial charge in [0.15, 0.2) is 5.38 Å². The number of carboxylic acid groups (broad SMARTS) is 1. The Labute approximate surface area is 130 Å². The van der Waals surface area contributed by atoms with Crippen molar-refractivity contribution in [3.8, 4) is 5.75 Å². The summed E-state index contributed by atoms with van der Waals surface area (Å²) in [6.45, 7) is 0. The van der Waals surface area contributed by atoms with Gasteiger partial charge in [0.25, 0.3) is 0 Å². The number of phenolic OH excluding ortho intramolecular Hbond substituents is 1. The molecule has 2 N–H and O–H groups in total. The summed E-state index contributed by atoms with van der Waals surface area (Å²) >= 11 is 5.60. The highest BCUT2D eigenvalue weighted by atomic mass is 35.5. The van der Waals surface area contributed by atoms with Gasteiger partial charge in [-0.2, -0.15) is 13.2 Å². The average Bonchev–Trinajstić information content (AvgIpc) is 2.45. The molecule has 1 atom stereocenters. The van der Waals surface area contributed by atoms with E-state index in [1.54, 1.807) is 0 Å². The Balaban J connectivity index is 2.55. The number of aliphatic carboxylic acids is 1. The molecule has 22 heavy (non-hydrogen) atoms. The minimum Gasteiger partial charge on any atom is -0.508 e. The number of rotatable bonds is 3. The lowest BCUT2D eigenvalue weighted by Gasteiger charge is -2.26. The molecule has 1 fully saturated rings. The molecule has 0 heterocycles. The Morgan fingerprint density at radius 1 is 1.23 bits per heavy atom. The molecule has 1 aliphatic rings. The Hall–Kier alpha value is -1.43. The van der Waals surface area contributed by atoms with Crippen LogP contribution in [0.1, 0.15) is 60.1 Å². The second-order valence-electron chi connectivity index (χ2n) is 5.53. The van der Waals surface area contributed by atoms with Crippen LogP contribution >= 0.6 is 11.6 Å². The van der Waals surface area contributed by atoms with E-state index < -0.39 is 28.8 Å². The quantitative estimate of drug-likeness (QED) is 0.778. The summed E-state index contributed by atoms with van der Waals surface area (Å²) in [4.78, 5) is 10.9. The van der Waals surface area contributed by atoms with E-state index in [1.807, 2.05) is 0 Å². The number of hydrogen-bond donors (Lipinski definition) is 2. The van der Waals surface area contributed by atoms with E-state index in [0.717, 1.165) is 31.4 Å². The minimum atomic E-state index is -4.67. The van der Waals surface area contributed by atoms with Crippen LogP contribution in [0.15, 0.2) is 12.1 Å². The van der Waals surface area contributed by atoms with Crippen molar-refractivity contribution in [3.63, 3.8) is 0 Å². The van der Waals surface area contributed by atoms with Gasteiger partial charge in [-0.3, -0.25) is 4.79 Å². The molecule has 0 radical (unpaired) electrons. The Bertz CT molecular complexity index is 566. The zero-order valence-corrected chi connectivity index (χ0v) is 12.4. The standard InChI is InChI=1S/C15H16ClF3O3/c16-13(14(21)22)9-6-10(15(17,18)19)12(11(20)7-9)8-4-2-1-3-5-8/h6-8,13,20H,1-5H2,(H,21,22). The molecule has 0 aromatic heterocycles. The van der Waals surface area contributed by atoms with Crippen molar-refractivity contribution in [3.05, 3.63) is 28.8 Å². The molecule has 0 spiro atoms. The normalized spacial score (nSPS) is 18.2. The van der Waals surface area contributed by atoms with E-state index in [0.29, 0.717) is 12.8 Å². The van der Waals surface area contributed by atoms with Crippen molar-refractivity contribution in [2.45, 2.75) is 49.6 Å². The third-order valence-electron chi connectivity index (χ3n) is 4.01. The number of alkyl halides is 4. The fraction of sp³-hybridized carbons (Fsp3) is 0.533. The molecule has 2 rings (SSSR count). The smallest absolute Gasteiger partial charge is 0.416 e. The van der Waals surface area contributed by atoms with E-state index in [2.05, 4.69) is 0 Å². The minimum absolute atomic E-state index is 0.134. The maximum atomic E-state index is 13.3. The maximum Gasteiger partial charge on any atom is 0.416 e. The predicted octanol–water partition coefficient (Wildman–Crippen LogP) is 4.82. The highest BCUT2D eigenvalue weighted by Crippen LogP contribution is 2.46. The number of phenols is 1. The van der Waals surface area contributed by atoms with Crippen molar-refractivity contribution in [1.29, 1.82) is 0 Å². The Morgan fingerprint density at radius 3 is 2.32 bits per heavy atom. The molecule has 1 aromatic carbocycles. The molecule has 1 unspecified atom stereocenters. The summed E-state index contributed by atoms with van der Waals surface area (Å²) in [5.74, 6) is -2.35. The van der Waals surface area contributed by atoms with Gasteiger partial charge in [0.2, 0.25) is 0 Å². The monoisotopic (exact) mass is 336 g/mol. The van der Waals surface area contributed by atoms with E-state index in [1.165, 1.54) is 0 Å². The number of benzene rings is 1. The molecular weight excluding hydrogens is 321 g/mol. The molecule has 0 aliphatic heterocycles. The van der Waals surface area contributed by atoms with E-state index in [-0.39, 0.29) is 17.0 Å². The molecule has 0 amide bonds. The Morgan fingerprint density at radius 2 is 1.82 bits per heavy atom. The van der Waals surface area contributed by atoms with E-state index in [4.69, 9.17) is 16.7 Å². The SMILES string of the molecule is O=C(O)C(Cl)c1cc(O)c(C2CCCCC2)c(C(F)(F)F)c1. The van der Waals surface area contributed by atoms with Crippen LogP contribution in [0.5, 0.6) is 5.75 Å². The van der Waals surface area contributed by atoms with Crippen LogP contribution in [0, 0.1) is 0 Å². The average molecular weight is 337 g/mol. The predicted molar refractivity (Wildman–Crippen MR) is 75.2 cm³/mol. The summed E-state index contributed by atoms with van der Waals surface area (Å²) in [5, 5.41) is 17.3. The second-order valence-corrected chi connectivity index (χ2v) is 5.97. The number of aromatic hydroxyl groups is 1. The fourth-order valence-corrected chi connectivity index (χ4v) is 3.13. The molecule has 1 aromatic rings. The number of halogens is 4. The first kappa shape index (κ1) is 16.9. The summed E-state index contributed by atoms with van der Waals surface area (Å²) in [5.41, 5.74) is -1.38. The molecule has 122 valence electrons. The second kappa shape index (κ2) is 6.36. The lowest BCUT2D eigenvalue weighted by Crippen LogP contribution is -2.16. The molecule has 7 heteroatoms. The largest absolute Gasteiger partial charge is 0.508 e. The van der Waals surface area contributed by atoms with Crippen molar-refractivity contribution in [2.75, 3.05) is 0 Å². The fourth-order valence-electron chi connectivity index (χ4n) is 3.00. The number of hydrogen-bond acceptors (Lipinski definition) is 2. The van der Waals surface area contributed by atoms with Crippen LogP contribution < -0.4 is 0 Å². The van der Waals surface area contributed by atoms with Gasteiger partial charge < -0.3 is 10.2 Å². The van der Waals surface area contributed by atoms with Gasteiger partial charge >= 0.3 is 12.1 Å². The Kier molecular flexibility index (Phi) is 4.90. The van der Waals surface area contributed by atoms with Crippen LogP contribution in [0.4, 0.5) is 13.2 Å². The van der Waals surface area contributed by atoms with Gasteiger partial charge in [0.1, 0.15) is 5.75 Å². The third kappa shape index (κ3) is 3.48. The maximum absolute atomic E-state index is 13.3. The van der Waals surface area contributed by atoms with Gasteiger partial charge in [-0.25, -0.2) is 0 Å². The summed E-state index contributed by atoms with van der Waals surface area (Å²) in [6, 6.07) is 1.78.